The van der Waals surface area contributed by atoms with Crippen LogP contribution in [0.1, 0.15) is 29.9 Å². The molecule has 4 rings (SSSR count). The van der Waals surface area contributed by atoms with Gasteiger partial charge in [0.1, 0.15) is 0 Å². The predicted octanol–water partition coefficient (Wildman–Crippen LogP) is 2.56. The first-order chi connectivity index (χ1) is 13.4. The summed E-state index contributed by atoms with van der Waals surface area (Å²) in [5.74, 6) is 0.657. The number of nitrogens with zero attached hydrogens (tertiary/aromatic N) is 5. The molecule has 0 aliphatic carbocycles. The van der Waals surface area contributed by atoms with Crippen LogP contribution in [0.4, 0.5) is 0 Å². The molecule has 0 unspecified atom stereocenters. The van der Waals surface area contributed by atoms with Gasteiger partial charge in [-0.05, 0) is 26.3 Å². The molecule has 0 aliphatic rings. The van der Waals surface area contributed by atoms with Crippen molar-refractivity contribution >= 4 is 16.9 Å². The zero-order valence-corrected chi connectivity index (χ0v) is 16.5. The minimum atomic E-state index is -0.393. The van der Waals surface area contributed by atoms with Crippen LogP contribution >= 0.6 is 0 Å². The summed E-state index contributed by atoms with van der Waals surface area (Å²) < 4.78 is 6.60. The Morgan fingerprint density at radius 2 is 1.82 bits per heavy atom. The van der Waals surface area contributed by atoms with E-state index in [1.807, 2.05) is 36.4 Å². The number of benzene rings is 1. The molecular weight excluding hydrogens is 354 g/mol. The molecule has 1 aromatic carbocycles. The maximum Gasteiger partial charge on any atom is 0.332 e. The third-order valence-corrected chi connectivity index (χ3v) is 5.54. The van der Waals surface area contributed by atoms with E-state index in [1.54, 1.807) is 13.1 Å². The molecule has 1 atom stereocenters. The molecule has 0 saturated heterocycles. The molecule has 0 bridgehead atoms. The van der Waals surface area contributed by atoms with E-state index >= 15 is 0 Å². The van der Waals surface area contributed by atoms with Gasteiger partial charge in [-0.1, -0.05) is 36.4 Å². The number of imidazole rings is 2. The fraction of sp³-hybridized carbons (Fsp3) is 0.286. The van der Waals surface area contributed by atoms with Crippen LogP contribution in [0.15, 0.2) is 52.6 Å². The Bertz CT molecular complexity index is 1340. The molecule has 4 aromatic rings. The van der Waals surface area contributed by atoms with E-state index in [0.717, 1.165) is 17.0 Å². The van der Waals surface area contributed by atoms with E-state index in [9.17, 15) is 9.59 Å². The van der Waals surface area contributed by atoms with E-state index in [1.165, 1.54) is 9.13 Å². The van der Waals surface area contributed by atoms with Crippen LogP contribution in [-0.4, -0.2) is 23.1 Å². The van der Waals surface area contributed by atoms with E-state index in [2.05, 4.69) is 30.2 Å². The Morgan fingerprint density at radius 3 is 2.46 bits per heavy atom. The van der Waals surface area contributed by atoms with Gasteiger partial charge in [-0.2, -0.15) is 4.98 Å². The molecule has 0 amide bonds. The molecule has 0 radical (unpaired) electrons. The molecule has 28 heavy (non-hydrogen) atoms. The molecule has 0 saturated carbocycles. The summed E-state index contributed by atoms with van der Waals surface area (Å²) in [6.45, 7) is 9.92. The van der Waals surface area contributed by atoms with Gasteiger partial charge in [-0.25, -0.2) is 4.79 Å². The monoisotopic (exact) mass is 377 g/mol. The molecule has 7 heteroatoms. The Hall–Kier alpha value is -3.35. The molecule has 3 aromatic heterocycles. The van der Waals surface area contributed by atoms with Crippen LogP contribution in [0.2, 0.25) is 0 Å². The summed E-state index contributed by atoms with van der Waals surface area (Å²) in [4.78, 5) is 30.4. The first-order valence-electron chi connectivity index (χ1n) is 9.23. The zero-order chi connectivity index (χ0) is 20.2. The Morgan fingerprint density at radius 1 is 1.14 bits per heavy atom. The van der Waals surface area contributed by atoms with Crippen molar-refractivity contribution in [3.63, 3.8) is 0 Å². The molecule has 144 valence electrons. The SMILES string of the molecule is C=CCn1c(=O)c2c(nc3n([C@H](C)c4ccccc4)c(C)c(C)n23)n(C)c1=O. The van der Waals surface area contributed by atoms with Crippen molar-refractivity contribution in [3.8, 4) is 0 Å². The minimum absolute atomic E-state index is 0.0293. The fourth-order valence-electron chi connectivity index (χ4n) is 3.91. The summed E-state index contributed by atoms with van der Waals surface area (Å²) in [7, 11) is 1.64. The number of hydrogen-bond donors (Lipinski definition) is 0. The lowest BCUT2D eigenvalue weighted by Gasteiger charge is -2.16. The van der Waals surface area contributed by atoms with Crippen LogP contribution in [0.5, 0.6) is 0 Å². The predicted molar refractivity (Wildman–Crippen MR) is 110 cm³/mol. The highest BCUT2D eigenvalue weighted by Crippen LogP contribution is 2.27. The zero-order valence-electron chi connectivity index (χ0n) is 16.5. The van der Waals surface area contributed by atoms with Crippen molar-refractivity contribution in [2.24, 2.45) is 7.05 Å². The third kappa shape index (κ3) is 2.32. The Balaban J connectivity index is 2.14. The summed E-state index contributed by atoms with van der Waals surface area (Å²) in [6, 6.07) is 10.2. The van der Waals surface area contributed by atoms with Gasteiger partial charge in [-0.3, -0.25) is 18.3 Å². The first-order valence-corrected chi connectivity index (χ1v) is 9.23. The fourth-order valence-corrected chi connectivity index (χ4v) is 3.91. The lowest BCUT2D eigenvalue weighted by atomic mass is 10.1. The molecular formula is C21H23N5O2. The van der Waals surface area contributed by atoms with Gasteiger partial charge in [0.05, 0.1) is 6.04 Å². The van der Waals surface area contributed by atoms with E-state index in [0.29, 0.717) is 16.9 Å². The maximum absolute atomic E-state index is 13.1. The molecule has 0 fully saturated rings. The number of fused-ring (bicyclic) bond motifs is 3. The van der Waals surface area contributed by atoms with Gasteiger partial charge in [0, 0.05) is 25.0 Å². The van der Waals surface area contributed by atoms with E-state index in [4.69, 9.17) is 4.98 Å². The van der Waals surface area contributed by atoms with Gasteiger partial charge in [0.15, 0.2) is 11.2 Å². The standard InChI is InChI=1S/C21H23N5O2/c1-6-12-24-19(27)17-18(23(5)21(24)28)22-20-25(13(2)14(3)26(17)20)15(4)16-10-8-7-9-11-16/h6-11,15H,1,12H2,2-5H3/t15-/m1/s1. The topological polar surface area (TPSA) is 66.2 Å². The number of aromatic nitrogens is 5. The summed E-state index contributed by atoms with van der Waals surface area (Å²) in [5, 5.41) is 0. The Kier molecular flexibility index (Phi) is 4.10. The molecule has 7 nitrogen and oxygen atoms in total. The highest BCUT2D eigenvalue weighted by atomic mass is 16.2. The number of hydrogen-bond acceptors (Lipinski definition) is 3. The van der Waals surface area contributed by atoms with Crippen LogP contribution < -0.4 is 11.2 Å². The Labute approximate surface area is 161 Å². The van der Waals surface area contributed by atoms with Crippen molar-refractivity contribution in [3.05, 3.63) is 80.8 Å². The van der Waals surface area contributed by atoms with Crippen molar-refractivity contribution in [1.82, 2.24) is 23.1 Å². The number of rotatable bonds is 4. The summed E-state index contributed by atoms with van der Waals surface area (Å²) in [5.41, 5.74) is 3.17. The van der Waals surface area contributed by atoms with Crippen molar-refractivity contribution in [2.45, 2.75) is 33.4 Å². The number of aryl methyl sites for hydroxylation is 2. The normalized spacial score (nSPS) is 12.7. The van der Waals surface area contributed by atoms with Gasteiger partial charge in [0.2, 0.25) is 5.78 Å². The van der Waals surface area contributed by atoms with Crippen LogP contribution in [0.25, 0.3) is 16.9 Å². The largest absolute Gasteiger partial charge is 0.332 e. The van der Waals surface area contributed by atoms with Crippen molar-refractivity contribution < 1.29 is 0 Å². The molecule has 0 N–H and O–H groups in total. The summed E-state index contributed by atoms with van der Waals surface area (Å²) >= 11 is 0. The second-order valence-corrected chi connectivity index (χ2v) is 7.09. The second kappa shape index (κ2) is 6.37. The van der Waals surface area contributed by atoms with Crippen molar-refractivity contribution in [1.29, 1.82) is 0 Å². The maximum atomic E-state index is 13.1. The van der Waals surface area contributed by atoms with Crippen molar-refractivity contribution in [2.75, 3.05) is 0 Å². The van der Waals surface area contributed by atoms with Gasteiger partial charge in [0.25, 0.3) is 5.56 Å². The van der Waals surface area contributed by atoms with Gasteiger partial charge >= 0.3 is 5.69 Å². The third-order valence-electron chi connectivity index (χ3n) is 5.54. The average molecular weight is 377 g/mol. The van der Waals surface area contributed by atoms with E-state index < -0.39 is 5.69 Å². The first kappa shape index (κ1) is 18.0. The highest BCUT2D eigenvalue weighted by molar-refractivity contribution is 5.76. The minimum Gasteiger partial charge on any atom is -0.307 e. The van der Waals surface area contributed by atoms with Crippen LogP contribution in [0.3, 0.4) is 0 Å². The van der Waals surface area contributed by atoms with Crippen LogP contribution in [-0.2, 0) is 13.6 Å². The van der Waals surface area contributed by atoms with Gasteiger partial charge < -0.3 is 4.57 Å². The smallest absolute Gasteiger partial charge is 0.307 e. The number of allylic oxidation sites excluding steroid dienone is 1. The molecule has 0 aliphatic heterocycles. The second-order valence-electron chi connectivity index (χ2n) is 7.09. The molecule has 0 spiro atoms. The van der Waals surface area contributed by atoms with E-state index in [-0.39, 0.29) is 18.1 Å². The quantitative estimate of drug-likeness (QED) is 0.514. The van der Waals surface area contributed by atoms with Gasteiger partial charge in [-0.15, -0.1) is 6.58 Å². The average Bonchev–Trinajstić information content (AvgIpc) is 3.19. The lowest BCUT2D eigenvalue weighted by Crippen LogP contribution is -2.39. The van der Waals surface area contributed by atoms with Crippen LogP contribution in [0, 0.1) is 13.8 Å². The highest BCUT2D eigenvalue weighted by Gasteiger charge is 2.24. The summed E-state index contributed by atoms with van der Waals surface area (Å²) in [6.07, 6.45) is 1.55. The molecule has 3 heterocycles. The lowest BCUT2D eigenvalue weighted by molar-refractivity contribution is 0.637.